The van der Waals surface area contributed by atoms with E-state index < -0.39 is 11.9 Å². The summed E-state index contributed by atoms with van der Waals surface area (Å²) in [6, 6.07) is 4.36. The minimum atomic E-state index is -0.399. The lowest BCUT2D eigenvalue weighted by Gasteiger charge is -2.26. The van der Waals surface area contributed by atoms with Crippen LogP contribution < -0.4 is 4.74 Å². The zero-order valence-corrected chi connectivity index (χ0v) is 10.1. The molecular weight excluding hydrogens is 235 g/mol. The highest BCUT2D eigenvalue weighted by Crippen LogP contribution is 2.30. The molecule has 1 N–H and O–H groups in total. The van der Waals surface area contributed by atoms with Crippen LogP contribution in [0.1, 0.15) is 31.4 Å². The van der Waals surface area contributed by atoms with Crippen molar-refractivity contribution in [2.45, 2.75) is 32.0 Å². The standard InChI is InChI=1S/C14H15FO3/c1-2-4-17-13-7-10(6-11(15)8-13)14-9-12(16)3-5-18-14/h6-8,12,14,16H,3,5,9H2,1H3. The van der Waals surface area contributed by atoms with Crippen LogP contribution >= 0.6 is 0 Å². The number of hydrogen-bond acceptors (Lipinski definition) is 3. The van der Waals surface area contributed by atoms with Gasteiger partial charge in [-0.3, -0.25) is 0 Å². The fraction of sp³-hybridized carbons (Fsp3) is 0.429. The Labute approximate surface area is 106 Å². The maximum Gasteiger partial charge on any atom is 0.143 e. The zero-order valence-electron chi connectivity index (χ0n) is 10.1. The van der Waals surface area contributed by atoms with Gasteiger partial charge in [0.05, 0.1) is 12.2 Å². The molecule has 1 aliphatic rings. The highest BCUT2D eigenvalue weighted by molar-refractivity contribution is 5.32. The van der Waals surface area contributed by atoms with Crippen molar-refractivity contribution in [2.24, 2.45) is 0 Å². The third-order valence-corrected chi connectivity index (χ3v) is 2.79. The number of halogens is 1. The van der Waals surface area contributed by atoms with Crippen molar-refractivity contribution in [1.29, 1.82) is 0 Å². The first-order valence-electron chi connectivity index (χ1n) is 5.88. The predicted octanol–water partition coefficient (Wildman–Crippen LogP) is 2.40. The van der Waals surface area contributed by atoms with Gasteiger partial charge in [0.1, 0.15) is 17.7 Å². The fourth-order valence-electron chi connectivity index (χ4n) is 1.95. The highest BCUT2D eigenvalue weighted by Gasteiger charge is 2.23. The summed E-state index contributed by atoms with van der Waals surface area (Å²) in [6.45, 7) is 2.12. The summed E-state index contributed by atoms with van der Waals surface area (Å²) in [4.78, 5) is 0. The summed E-state index contributed by atoms with van der Waals surface area (Å²) in [7, 11) is 0. The molecule has 1 heterocycles. The molecule has 3 nitrogen and oxygen atoms in total. The van der Waals surface area contributed by atoms with Gasteiger partial charge in [-0.1, -0.05) is 5.92 Å². The average molecular weight is 250 g/mol. The van der Waals surface area contributed by atoms with Crippen molar-refractivity contribution in [3.8, 4) is 17.8 Å². The number of benzene rings is 1. The molecule has 0 radical (unpaired) electrons. The summed E-state index contributed by atoms with van der Waals surface area (Å²) in [6.07, 6.45) is 2.83. The van der Waals surface area contributed by atoms with E-state index in [9.17, 15) is 9.50 Å². The Morgan fingerprint density at radius 2 is 2.28 bits per heavy atom. The Bertz CT molecular complexity index is 476. The summed E-state index contributed by atoms with van der Waals surface area (Å²) in [5.74, 6) is 2.53. The summed E-state index contributed by atoms with van der Waals surface area (Å²) in [5.41, 5.74) is 0.668. The van der Waals surface area contributed by atoms with Gasteiger partial charge in [-0.25, -0.2) is 4.39 Å². The molecule has 4 heteroatoms. The molecule has 2 unspecified atom stereocenters. The maximum absolute atomic E-state index is 13.5. The Morgan fingerprint density at radius 3 is 3.00 bits per heavy atom. The molecule has 0 saturated carbocycles. The first kappa shape index (κ1) is 12.9. The van der Waals surface area contributed by atoms with E-state index in [1.807, 2.05) is 0 Å². The Hall–Kier alpha value is -1.57. The lowest BCUT2D eigenvalue weighted by Crippen LogP contribution is -2.23. The lowest BCUT2D eigenvalue weighted by molar-refractivity contribution is -0.0449. The van der Waals surface area contributed by atoms with E-state index in [4.69, 9.17) is 9.47 Å². The van der Waals surface area contributed by atoms with Crippen molar-refractivity contribution >= 4 is 0 Å². The summed E-state index contributed by atoms with van der Waals surface area (Å²) >= 11 is 0. The Kier molecular flexibility index (Phi) is 4.19. The first-order valence-corrected chi connectivity index (χ1v) is 5.88. The van der Waals surface area contributed by atoms with Crippen molar-refractivity contribution < 1.29 is 19.0 Å². The van der Waals surface area contributed by atoms with Gasteiger partial charge in [0.2, 0.25) is 0 Å². The largest absolute Gasteiger partial charge is 0.407 e. The van der Waals surface area contributed by atoms with Crippen molar-refractivity contribution in [2.75, 3.05) is 6.61 Å². The number of hydrogen-bond donors (Lipinski definition) is 1. The van der Waals surface area contributed by atoms with Gasteiger partial charge in [0, 0.05) is 26.0 Å². The van der Waals surface area contributed by atoms with Crippen LogP contribution in [0, 0.1) is 17.8 Å². The normalized spacial score (nSPS) is 23.1. The third kappa shape index (κ3) is 3.22. The fourth-order valence-corrected chi connectivity index (χ4v) is 1.95. The molecule has 2 atom stereocenters. The molecule has 1 fully saturated rings. The second-order valence-corrected chi connectivity index (χ2v) is 4.21. The molecule has 1 aromatic rings. The van der Waals surface area contributed by atoms with E-state index in [1.165, 1.54) is 12.1 Å². The first-order chi connectivity index (χ1) is 8.69. The molecule has 0 amide bonds. The van der Waals surface area contributed by atoms with E-state index in [0.717, 1.165) is 0 Å². The molecule has 18 heavy (non-hydrogen) atoms. The van der Waals surface area contributed by atoms with Gasteiger partial charge in [0.15, 0.2) is 0 Å². The molecule has 2 rings (SSSR count). The Balaban J connectivity index is 2.20. The van der Waals surface area contributed by atoms with Gasteiger partial charge < -0.3 is 14.6 Å². The Morgan fingerprint density at radius 1 is 1.44 bits per heavy atom. The van der Waals surface area contributed by atoms with E-state index in [1.54, 1.807) is 13.0 Å². The second kappa shape index (κ2) is 5.85. The van der Waals surface area contributed by atoms with Gasteiger partial charge in [-0.05, 0) is 24.1 Å². The van der Waals surface area contributed by atoms with E-state index >= 15 is 0 Å². The van der Waals surface area contributed by atoms with Crippen LogP contribution in [0.4, 0.5) is 4.39 Å². The van der Waals surface area contributed by atoms with Gasteiger partial charge in [-0.2, -0.15) is 0 Å². The van der Waals surface area contributed by atoms with Crippen LogP contribution in [0.25, 0.3) is 0 Å². The lowest BCUT2D eigenvalue weighted by atomic mass is 9.99. The minimum Gasteiger partial charge on any atom is -0.407 e. The molecule has 1 aromatic carbocycles. The SMILES string of the molecule is CC#COc1cc(F)cc(C2CC(O)CCO2)c1. The van der Waals surface area contributed by atoms with Crippen molar-refractivity contribution in [3.63, 3.8) is 0 Å². The smallest absolute Gasteiger partial charge is 0.143 e. The summed E-state index contributed by atoms with van der Waals surface area (Å²) in [5, 5.41) is 9.59. The van der Waals surface area contributed by atoms with Gasteiger partial charge in [-0.15, -0.1) is 0 Å². The molecule has 0 spiro atoms. The number of ether oxygens (including phenoxy) is 2. The molecule has 0 bridgehead atoms. The van der Waals surface area contributed by atoms with E-state index in [-0.39, 0.29) is 6.10 Å². The van der Waals surface area contributed by atoms with Crippen LogP contribution in [0.2, 0.25) is 0 Å². The van der Waals surface area contributed by atoms with Crippen LogP contribution in [0.5, 0.6) is 5.75 Å². The van der Waals surface area contributed by atoms with Gasteiger partial charge in [0.25, 0.3) is 0 Å². The average Bonchev–Trinajstić information content (AvgIpc) is 2.36. The van der Waals surface area contributed by atoms with E-state index in [2.05, 4.69) is 12.0 Å². The van der Waals surface area contributed by atoms with Crippen LogP contribution in [-0.2, 0) is 4.74 Å². The molecular formula is C14H15FO3. The highest BCUT2D eigenvalue weighted by atomic mass is 19.1. The predicted molar refractivity (Wildman–Crippen MR) is 64.4 cm³/mol. The molecule has 1 saturated heterocycles. The summed E-state index contributed by atoms with van der Waals surface area (Å²) < 4.78 is 24.1. The molecule has 0 aromatic heterocycles. The zero-order chi connectivity index (χ0) is 13.0. The number of aliphatic hydroxyl groups is 1. The molecule has 0 aliphatic carbocycles. The van der Waals surface area contributed by atoms with Crippen LogP contribution in [0.15, 0.2) is 18.2 Å². The van der Waals surface area contributed by atoms with Crippen molar-refractivity contribution in [3.05, 3.63) is 29.6 Å². The molecule has 96 valence electrons. The van der Waals surface area contributed by atoms with Crippen LogP contribution in [0.3, 0.4) is 0 Å². The topological polar surface area (TPSA) is 38.7 Å². The number of aliphatic hydroxyl groups excluding tert-OH is 1. The maximum atomic E-state index is 13.5. The van der Waals surface area contributed by atoms with Crippen LogP contribution in [-0.4, -0.2) is 17.8 Å². The minimum absolute atomic E-state index is 0.290. The van der Waals surface area contributed by atoms with E-state index in [0.29, 0.717) is 30.8 Å². The monoisotopic (exact) mass is 250 g/mol. The number of rotatable bonds is 2. The second-order valence-electron chi connectivity index (χ2n) is 4.21. The third-order valence-electron chi connectivity index (χ3n) is 2.79. The van der Waals surface area contributed by atoms with Crippen molar-refractivity contribution in [1.82, 2.24) is 0 Å². The molecule has 1 aliphatic heterocycles. The quantitative estimate of drug-likeness (QED) is 0.819. The van der Waals surface area contributed by atoms with Gasteiger partial charge >= 0.3 is 0 Å².